The van der Waals surface area contributed by atoms with Crippen molar-refractivity contribution >= 4 is 11.3 Å². The second kappa shape index (κ2) is 2.47. The molecule has 2 N–H and O–H groups in total. The summed E-state index contributed by atoms with van der Waals surface area (Å²) in [6.45, 7) is 1.86. The molecule has 0 radical (unpaired) electrons. The van der Waals surface area contributed by atoms with Crippen LogP contribution in [-0.4, -0.2) is 18.3 Å². The summed E-state index contributed by atoms with van der Waals surface area (Å²) in [6.07, 6.45) is 0. The fourth-order valence-electron chi connectivity index (χ4n) is 2.55. The Labute approximate surface area is 88.7 Å². The maximum atomic E-state index is 12.0. The van der Waals surface area contributed by atoms with Crippen molar-refractivity contribution in [2.24, 2.45) is 0 Å². The van der Waals surface area contributed by atoms with E-state index >= 15 is 0 Å². The van der Waals surface area contributed by atoms with Gasteiger partial charge in [-0.15, -0.1) is 0 Å². The van der Waals surface area contributed by atoms with Crippen molar-refractivity contribution in [1.29, 1.82) is 0 Å². The van der Waals surface area contributed by atoms with Gasteiger partial charge in [0, 0.05) is 0 Å². The van der Waals surface area contributed by atoms with E-state index in [1.54, 1.807) is 18.3 Å². The first-order chi connectivity index (χ1) is 7.79. The van der Waals surface area contributed by atoms with Gasteiger partial charge in [-0.3, -0.25) is 28.9 Å². The first-order valence-corrected chi connectivity index (χ1v) is 5.13. The van der Waals surface area contributed by atoms with Crippen LogP contribution >= 0.6 is 0 Å². The fourth-order valence-corrected chi connectivity index (χ4v) is 2.55. The Hall–Kier alpha value is -1.80. The van der Waals surface area contributed by atoms with Gasteiger partial charge in [0.15, 0.2) is 11.3 Å². The maximum absolute atomic E-state index is 12.0. The number of hydrogen-bond acceptors (Lipinski definition) is 4. The maximum Gasteiger partial charge on any atom is 0.333 e. The Kier molecular flexibility index (Phi) is 1.29. The van der Waals surface area contributed by atoms with Crippen molar-refractivity contribution in [2.75, 3.05) is 0 Å². The molecule has 0 spiro atoms. The van der Waals surface area contributed by atoms with E-state index in [1.807, 2.05) is 0 Å². The molecule has 0 atom stereocenters. The lowest BCUT2D eigenvalue weighted by atomic mass is 10.6. The van der Waals surface area contributed by atoms with E-state index in [9.17, 15) is 9.59 Å². The van der Waals surface area contributed by atoms with Gasteiger partial charge < -0.3 is 0 Å². The van der Waals surface area contributed by atoms with Crippen LogP contribution in [0.3, 0.4) is 0 Å². The van der Waals surface area contributed by atoms with Gasteiger partial charge in [-0.05, 0) is 0 Å². The van der Waals surface area contributed by atoms with Crippen LogP contribution in [0, 0.1) is 0 Å². The highest BCUT2D eigenvalue weighted by atomic mass is 16.2. The van der Waals surface area contributed by atoms with Crippen molar-refractivity contribution in [1.82, 2.24) is 28.9 Å². The summed E-state index contributed by atoms with van der Waals surface area (Å²) in [5, 5.41) is 6.07. The molecule has 0 bridgehead atoms. The molecule has 0 amide bonds. The molecule has 0 aliphatic carbocycles. The van der Waals surface area contributed by atoms with Crippen LogP contribution in [0.15, 0.2) is 9.59 Å². The lowest BCUT2D eigenvalue weighted by Crippen LogP contribution is -2.44. The fraction of sp³-hybridized carbons (Fsp3) is 0.500. The predicted octanol–water partition coefficient (Wildman–Crippen LogP) is -2.20. The SMILES string of the molecule is O=c1n2c3c4n1CNCn4c(=O)n3CNC2. The Bertz CT molecular complexity index is 603. The van der Waals surface area contributed by atoms with Gasteiger partial charge in [-0.25, -0.2) is 9.59 Å². The first-order valence-electron chi connectivity index (χ1n) is 5.13. The van der Waals surface area contributed by atoms with Crippen LogP contribution in [0.2, 0.25) is 0 Å². The van der Waals surface area contributed by atoms with Gasteiger partial charge in [-0.2, -0.15) is 0 Å². The van der Waals surface area contributed by atoms with Crippen molar-refractivity contribution in [3.05, 3.63) is 21.0 Å². The lowest BCUT2D eigenvalue weighted by Gasteiger charge is -2.15. The van der Waals surface area contributed by atoms with Crippen molar-refractivity contribution in [3.8, 4) is 0 Å². The second-order valence-corrected chi connectivity index (χ2v) is 4.06. The molecule has 2 aliphatic rings. The van der Waals surface area contributed by atoms with E-state index in [4.69, 9.17) is 0 Å². The summed E-state index contributed by atoms with van der Waals surface area (Å²) in [4.78, 5) is 24.0. The molecular formula is C8H10N6O2. The third-order valence-electron chi connectivity index (χ3n) is 3.23. The number of nitrogens with one attached hydrogen (secondary N) is 2. The van der Waals surface area contributed by atoms with Crippen LogP contribution in [0.5, 0.6) is 0 Å². The van der Waals surface area contributed by atoms with Crippen molar-refractivity contribution in [2.45, 2.75) is 26.7 Å². The molecule has 8 heteroatoms. The molecule has 16 heavy (non-hydrogen) atoms. The molecule has 2 aromatic rings. The summed E-state index contributed by atoms with van der Waals surface area (Å²) in [6, 6.07) is 0. The minimum Gasteiger partial charge on any atom is -0.281 e. The van der Waals surface area contributed by atoms with E-state index in [1.165, 1.54) is 0 Å². The first kappa shape index (κ1) is 8.36. The quantitative estimate of drug-likeness (QED) is 0.530. The number of hydrogen-bond donors (Lipinski definition) is 2. The van der Waals surface area contributed by atoms with Crippen LogP contribution < -0.4 is 22.0 Å². The van der Waals surface area contributed by atoms with Gasteiger partial charge in [0.05, 0.1) is 26.7 Å². The molecule has 0 aromatic carbocycles. The Morgan fingerprint density at radius 1 is 0.688 bits per heavy atom. The Balaban J connectivity index is 2.36. The molecule has 84 valence electrons. The van der Waals surface area contributed by atoms with Gasteiger partial charge in [0.2, 0.25) is 0 Å². The highest BCUT2D eigenvalue weighted by Gasteiger charge is 2.27. The summed E-state index contributed by atoms with van der Waals surface area (Å²) >= 11 is 0. The third-order valence-corrected chi connectivity index (χ3v) is 3.23. The minimum absolute atomic E-state index is 0.0769. The molecule has 4 heterocycles. The monoisotopic (exact) mass is 222 g/mol. The highest BCUT2D eigenvalue weighted by molar-refractivity contribution is 5.69. The summed E-state index contributed by atoms with van der Waals surface area (Å²) in [5.74, 6) is 0. The van der Waals surface area contributed by atoms with E-state index in [-0.39, 0.29) is 11.4 Å². The van der Waals surface area contributed by atoms with Crippen molar-refractivity contribution < 1.29 is 0 Å². The molecule has 0 unspecified atom stereocenters. The van der Waals surface area contributed by atoms with Crippen LogP contribution in [0.25, 0.3) is 11.3 Å². The normalized spacial score (nSPS) is 18.2. The van der Waals surface area contributed by atoms with Crippen LogP contribution in [0.4, 0.5) is 0 Å². The zero-order valence-electron chi connectivity index (χ0n) is 8.43. The predicted molar refractivity (Wildman–Crippen MR) is 54.7 cm³/mol. The highest BCUT2D eigenvalue weighted by Crippen LogP contribution is 2.15. The zero-order valence-corrected chi connectivity index (χ0v) is 8.43. The molecule has 8 nitrogen and oxygen atoms in total. The minimum atomic E-state index is -0.0769. The smallest absolute Gasteiger partial charge is 0.281 e. The number of imidazole rings is 2. The average molecular weight is 222 g/mol. The molecular weight excluding hydrogens is 212 g/mol. The number of aromatic nitrogens is 4. The third kappa shape index (κ3) is 0.717. The standard InChI is InChI=1S/C8H10N6O2/c15-7-11-1-9-2-12-5(11)6-13(7)3-10-4-14(6)8(12)16/h9-10H,1-4H2. The Morgan fingerprint density at radius 2 is 1.00 bits per heavy atom. The Morgan fingerprint density at radius 3 is 1.31 bits per heavy atom. The van der Waals surface area contributed by atoms with Crippen LogP contribution in [-0.2, 0) is 26.7 Å². The number of nitrogens with zero attached hydrogens (tertiary/aromatic N) is 4. The molecule has 0 saturated heterocycles. The largest absolute Gasteiger partial charge is 0.333 e. The molecule has 0 fully saturated rings. The summed E-state index contributed by atoms with van der Waals surface area (Å²) < 4.78 is 6.40. The van der Waals surface area contributed by atoms with Crippen LogP contribution in [0.1, 0.15) is 0 Å². The molecule has 4 rings (SSSR count). The van der Waals surface area contributed by atoms with Gasteiger partial charge >= 0.3 is 11.4 Å². The molecule has 2 aliphatic heterocycles. The average Bonchev–Trinajstić information content (AvgIpc) is 2.78. The lowest BCUT2D eigenvalue weighted by molar-refractivity contribution is 0.387. The topological polar surface area (TPSA) is 77.9 Å². The second-order valence-electron chi connectivity index (χ2n) is 4.06. The number of rotatable bonds is 0. The van der Waals surface area contributed by atoms with Gasteiger partial charge in [-0.1, -0.05) is 0 Å². The van der Waals surface area contributed by atoms with Gasteiger partial charge in [0.1, 0.15) is 0 Å². The van der Waals surface area contributed by atoms with E-state index in [0.29, 0.717) is 26.7 Å². The summed E-state index contributed by atoms with van der Waals surface area (Å²) in [7, 11) is 0. The zero-order chi connectivity index (χ0) is 10.9. The van der Waals surface area contributed by atoms with E-state index in [0.717, 1.165) is 11.3 Å². The molecule has 0 saturated carbocycles. The summed E-state index contributed by atoms with van der Waals surface area (Å²) in [5.41, 5.74) is 1.31. The van der Waals surface area contributed by atoms with E-state index in [2.05, 4.69) is 10.6 Å². The van der Waals surface area contributed by atoms with Crippen molar-refractivity contribution in [3.63, 3.8) is 0 Å². The van der Waals surface area contributed by atoms with Gasteiger partial charge in [0.25, 0.3) is 0 Å². The molecule has 2 aromatic heterocycles. The van der Waals surface area contributed by atoms with E-state index < -0.39 is 0 Å².